The number of nitrogens with zero attached hydrogens (tertiary/aromatic N) is 2. The van der Waals surface area contributed by atoms with Crippen molar-refractivity contribution in [1.82, 2.24) is 0 Å². The monoisotopic (exact) mass is 367 g/mol. The Labute approximate surface area is 155 Å². The van der Waals surface area contributed by atoms with Crippen molar-refractivity contribution >= 4 is 23.4 Å². The first-order valence-corrected chi connectivity index (χ1v) is 7.83. The fourth-order valence-corrected chi connectivity index (χ4v) is 2.50. The fraction of sp³-hybridized carbons (Fsp3) is 0.158. The molecule has 8 nitrogen and oxygen atoms in total. The molecular weight excluding hydrogens is 350 g/mol. The number of phenolic OH excluding ortho intramolecular Hbond substituents is 1. The molecule has 0 aliphatic rings. The molecule has 0 aliphatic carbocycles. The normalized spacial score (nSPS) is 10.8. The summed E-state index contributed by atoms with van der Waals surface area (Å²) in [6, 6.07) is 9.64. The standard InChI is InChI=1S/C19H17N3O5/c1-11-5-4-6-12(2)17(11)21-19(24)14(10-20)7-13-8-15(22(25)26)18(23)16(9-13)27-3/h4-9,23H,1-3H3,(H,21,24)/b14-7+. The summed E-state index contributed by atoms with van der Waals surface area (Å²) in [5.41, 5.74) is 1.60. The third-order valence-corrected chi connectivity index (χ3v) is 3.89. The van der Waals surface area contributed by atoms with Gasteiger partial charge in [0, 0.05) is 11.8 Å². The summed E-state index contributed by atoms with van der Waals surface area (Å²) in [4.78, 5) is 22.8. The molecule has 2 aromatic rings. The molecule has 0 unspecified atom stereocenters. The van der Waals surface area contributed by atoms with Gasteiger partial charge < -0.3 is 15.2 Å². The van der Waals surface area contributed by atoms with Gasteiger partial charge in [0.15, 0.2) is 5.75 Å². The van der Waals surface area contributed by atoms with Crippen LogP contribution < -0.4 is 10.1 Å². The Bertz CT molecular complexity index is 969. The summed E-state index contributed by atoms with van der Waals surface area (Å²) in [5, 5.41) is 32.9. The minimum absolute atomic E-state index is 0.136. The predicted molar refractivity (Wildman–Crippen MR) is 99.4 cm³/mol. The number of carbonyl (C=O) groups excluding carboxylic acids is 1. The number of nitro benzene ring substituents is 1. The predicted octanol–water partition coefficient (Wildman–Crippen LogP) is 3.47. The first-order valence-electron chi connectivity index (χ1n) is 7.83. The lowest BCUT2D eigenvalue weighted by atomic mass is 10.1. The maximum atomic E-state index is 12.5. The number of nitrogens with one attached hydrogen (secondary N) is 1. The third kappa shape index (κ3) is 4.22. The minimum atomic E-state index is -0.780. The Morgan fingerprint density at radius 1 is 1.33 bits per heavy atom. The number of para-hydroxylation sites is 1. The van der Waals surface area contributed by atoms with Crippen LogP contribution in [0.25, 0.3) is 6.08 Å². The van der Waals surface area contributed by atoms with E-state index in [2.05, 4.69) is 5.32 Å². The maximum Gasteiger partial charge on any atom is 0.315 e. The van der Waals surface area contributed by atoms with Crippen molar-refractivity contribution in [3.63, 3.8) is 0 Å². The van der Waals surface area contributed by atoms with Crippen LogP contribution >= 0.6 is 0 Å². The summed E-state index contributed by atoms with van der Waals surface area (Å²) >= 11 is 0. The van der Waals surface area contributed by atoms with E-state index in [0.29, 0.717) is 5.69 Å². The van der Waals surface area contributed by atoms with Gasteiger partial charge in [0.25, 0.3) is 5.91 Å². The van der Waals surface area contributed by atoms with Crippen molar-refractivity contribution in [3.05, 3.63) is 62.7 Å². The molecule has 0 atom stereocenters. The van der Waals surface area contributed by atoms with Crippen LogP contribution in [0.2, 0.25) is 0 Å². The number of rotatable bonds is 5. The highest BCUT2D eigenvalue weighted by molar-refractivity contribution is 6.10. The Balaban J connectivity index is 2.44. The largest absolute Gasteiger partial charge is 0.500 e. The van der Waals surface area contributed by atoms with Crippen LogP contribution in [0.5, 0.6) is 11.5 Å². The van der Waals surface area contributed by atoms with Gasteiger partial charge in [-0.05, 0) is 42.7 Å². The summed E-state index contributed by atoms with van der Waals surface area (Å²) < 4.78 is 4.91. The first kappa shape index (κ1) is 19.5. The Hall–Kier alpha value is -3.86. The second kappa shape index (κ2) is 8.01. The Kier molecular flexibility index (Phi) is 5.78. The van der Waals surface area contributed by atoms with Gasteiger partial charge in [-0.2, -0.15) is 5.26 Å². The Morgan fingerprint density at radius 2 is 1.96 bits per heavy atom. The zero-order valence-electron chi connectivity index (χ0n) is 14.9. The Morgan fingerprint density at radius 3 is 2.48 bits per heavy atom. The van der Waals surface area contributed by atoms with E-state index < -0.39 is 22.3 Å². The molecule has 0 radical (unpaired) electrons. The van der Waals surface area contributed by atoms with Gasteiger partial charge >= 0.3 is 5.69 Å². The lowest BCUT2D eigenvalue weighted by Gasteiger charge is -2.11. The summed E-state index contributed by atoms with van der Waals surface area (Å²) in [6.45, 7) is 3.65. The third-order valence-electron chi connectivity index (χ3n) is 3.89. The molecule has 0 aliphatic heterocycles. The number of phenols is 1. The van der Waals surface area contributed by atoms with E-state index in [1.165, 1.54) is 19.3 Å². The van der Waals surface area contributed by atoms with Gasteiger partial charge in [0.1, 0.15) is 11.6 Å². The molecule has 0 bridgehead atoms. The highest BCUT2D eigenvalue weighted by Crippen LogP contribution is 2.37. The van der Waals surface area contributed by atoms with Gasteiger partial charge in [-0.3, -0.25) is 14.9 Å². The number of aryl methyl sites for hydroxylation is 2. The van der Waals surface area contributed by atoms with Gasteiger partial charge in [0.2, 0.25) is 5.75 Å². The molecule has 8 heteroatoms. The van der Waals surface area contributed by atoms with Gasteiger partial charge in [-0.15, -0.1) is 0 Å². The smallest absolute Gasteiger partial charge is 0.315 e. The number of hydrogen-bond acceptors (Lipinski definition) is 6. The van der Waals surface area contributed by atoms with E-state index in [4.69, 9.17) is 4.74 Å². The minimum Gasteiger partial charge on any atom is -0.500 e. The van der Waals surface area contributed by atoms with E-state index in [0.717, 1.165) is 17.2 Å². The zero-order valence-corrected chi connectivity index (χ0v) is 14.9. The molecule has 2 aromatic carbocycles. The average molecular weight is 367 g/mol. The van der Waals surface area contributed by atoms with Crippen molar-refractivity contribution < 1.29 is 19.6 Å². The summed E-state index contributed by atoms with van der Waals surface area (Å²) in [7, 11) is 1.24. The van der Waals surface area contributed by atoms with E-state index in [9.17, 15) is 25.3 Å². The molecule has 2 N–H and O–H groups in total. The number of ether oxygens (including phenoxy) is 1. The van der Waals surface area contributed by atoms with E-state index in [1.807, 2.05) is 32.0 Å². The first-order chi connectivity index (χ1) is 12.8. The number of amides is 1. The number of nitro groups is 1. The van der Waals surface area contributed by atoms with Crippen LogP contribution in [-0.2, 0) is 4.79 Å². The van der Waals surface area contributed by atoms with E-state index in [-0.39, 0.29) is 16.9 Å². The van der Waals surface area contributed by atoms with Gasteiger partial charge in [-0.1, -0.05) is 18.2 Å². The number of benzene rings is 2. The average Bonchev–Trinajstić information content (AvgIpc) is 2.63. The van der Waals surface area contributed by atoms with Crippen molar-refractivity contribution in [2.24, 2.45) is 0 Å². The second-order valence-electron chi connectivity index (χ2n) is 5.74. The van der Waals surface area contributed by atoms with Crippen LogP contribution in [0.15, 0.2) is 35.9 Å². The van der Waals surface area contributed by atoms with Crippen LogP contribution in [0, 0.1) is 35.3 Å². The molecular formula is C19H17N3O5. The molecule has 0 heterocycles. The number of anilines is 1. The fourth-order valence-electron chi connectivity index (χ4n) is 2.50. The van der Waals surface area contributed by atoms with Gasteiger partial charge in [-0.25, -0.2) is 0 Å². The molecule has 138 valence electrons. The number of hydrogen-bond donors (Lipinski definition) is 2. The maximum absolute atomic E-state index is 12.5. The highest BCUT2D eigenvalue weighted by Gasteiger charge is 2.20. The lowest BCUT2D eigenvalue weighted by molar-refractivity contribution is -0.386. The molecule has 0 spiro atoms. The van der Waals surface area contributed by atoms with E-state index >= 15 is 0 Å². The summed E-state index contributed by atoms with van der Waals surface area (Å²) in [5.74, 6) is -1.41. The number of carbonyl (C=O) groups is 1. The molecule has 1 amide bonds. The lowest BCUT2D eigenvalue weighted by Crippen LogP contribution is -2.15. The van der Waals surface area contributed by atoms with Crippen LogP contribution in [0.1, 0.15) is 16.7 Å². The highest BCUT2D eigenvalue weighted by atomic mass is 16.6. The van der Waals surface area contributed by atoms with Crippen molar-refractivity contribution in [1.29, 1.82) is 5.26 Å². The van der Waals surface area contributed by atoms with Crippen LogP contribution in [0.4, 0.5) is 11.4 Å². The van der Waals surface area contributed by atoms with Gasteiger partial charge in [0.05, 0.1) is 12.0 Å². The number of aromatic hydroxyl groups is 1. The van der Waals surface area contributed by atoms with Crippen molar-refractivity contribution in [3.8, 4) is 17.6 Å². The topological polar surface area (TPSA) is 125 Å². The molecule has 0 fully saturated rings. The summed E-state index contributed by atoms with van der Waals surface area (Å²) in [6.07, 6.45) is 1.19. The second-order valence-corrected chi connectivity index (χ2v) is 5.74. The van der Waals surface area contributed by atoms with Crippen molar-refractivity contribution in [2.45, 2.75) is 13.8 Å². The number of methoxy groups -OCH3 is 1. The zero-order chi connectivity index (χ0) is 20.1. The molecule has 0 saturated carbocycles. The number of nitriles is 1. The molecule has 2 rings (SSSR count). The van der Waals surface area contributed by atoms with Crippen LogP contribution in [-0.4, -0.2) is 23.0 Å². The van der Waals surface area contributed by atoms with Crippen LogP contribution in [0.3, 0.4) is 0 Å². The molecule has 0 saturated heterocycles. The molecule has 27 heavy (non-hydrogen) atoms. The van der Waals surface area contributed by atoms with E-state index in [1.54, 1.807) is 6.07 Å². The quantitative estimate of drug-likeness (QED) is 0.361. The molecule has 0 aromatic heterocycles. The SMILES string of the molecule is COc1cc(/C=C(\C#N)C(=O)Nc2c(C)cccc2C)cc([N+](=O)[O-])c1O. The van der Waals surface area contributed by atoms with Crippen molar-refractivity contribution in [2.75, 3.05) is 12.4 Å².